The van der Waals surface area contributed by atoms with Crippen LogP contribution in [0, 0.1) is 48.3 Å². The summed E-state index contributed by atoms with van der Waals surface area (Å²) in [7, 11) is 0. The van der Waals surface area contributed by atoms with Crippen LogP contribution < -0.4 is 0 Å². The minimum atomic E-state index is -0.667. The number of para-hydroxylation sites is 1. The van der Waals surface area contributed by atoms with E-state index in [-0.39, 0.29) is 11.5 Å². The molecule has 0 radical (unpaired) electrons. The molecule has 0 aliphatic carbocycles. The SMILES string of the molecule is C#CC(=Nc1ccccc1C)C1CCN(Cc2ccc(C(=N)c3cccc(F)c3)c(C#CC)c2)CC1.CC(C)F. The minimum Gasteiger partial charge on any atom is -0.300 e. The van der Waals surface area contributed by atoms with Gasteiger partial charge in [-0.05, 0) is 89.0 Å². The van der Waals surface area contributed by atoms with Crippen molar-refractivity contribution in [2.24, 2.45) is 10.9 Å². The van der Waals surface area contributed by atoms with Gasteiger partial charge < -0.3 is 0 Å². The van der Waals surface area contributed by atoms with Gasteiger partial charge in [-0.2, -0.15) is 0 Å². The lowest BCUT2D eigenvalue weighted by Gasteiger charge is -2.31. The molecule has 0 atom stereocenters. The monoisotopic (exact) mass is 537 g/mol. The Morgan fingerprint density at radius 2 is 1.77 bits per heavy atom. The first-order valence-corrected chi connectivity index (χ1v) is 13.6. The number of likely N-dealkylation sites (tertiary alicyclic amines) is 1. The normalized spacial score (nSPS) is 14.0. The molecule has 1 saturated heterocycles. The van der Waals surface area contributed by atoms with Gasteiger partial charge in [-0.15, -0.1) is 12.3 Å². The number of halogens is 2. The van der Waals surface area contributed by atoms with Crippen molar-refractivity contribution in [1.29, 1.82) is 5.41 Å². The van der Waals surface area contributed by atoms with Gasteiger partial charge >= 0.3 is 0 Å². The van der Waals surface area contributed by atoms with E-state index in [0.717, 1.165) is 60.6 Å². The van der Waals surface area contributed by atoms with Gasteiger partial charge in [-0.1, -0.05) is 54.3 Å². The minimum absolute atomic E-state index is 0.273. The standard InChI is InChI=1S/C32H30FN3.C3H7F/c1-4-9-26-20-24(14-15-29(26)32(34)27-11-8-12-28(33)21-27)22-36-18-16-25(17-19-36)30(5-2)35-31-13-7-6-10-23(31)3;1-3(2)4/h2,6-8,10-15,20-21,25,34H,16-19,22H2,1,3H3;3H,1-2H3. The maximum Gasteiger partial charge on any atom is 0.123 e. The van der Waals surface area contributed by atoms with Crippen LogP contribution in [0.25, 0.3) is 0 Å². The fourth-order valence-electron chi connectivity index (χ4n) is 4.63. The van der Waals surface area contributed by atoms with E-state index in [1.807, 2.05) is 30.3 Å². The Labute approximate surface area is 237 Å². The molecule has 1 N–H and O–H groups in total. The number of nitrogens with zero attached hydrogens (tertiary/aromatic N) is 2. The fourth-order valence-corrected chi connectivity index (χ4v) is 4.63. The van der Waals surface area contributed by atoms with E-state index in [0.29, 0.717) is 17.0 Å². The van der Waals surface area contributed by atoms with Crippen LogP contribution in [-0.2, 0) is 6.54 Å². The summed E-state index contributed by atoms with van der Waals surface area (Å²) >= 11 is 0. The van der Waals surface area contributed by atoms with E-state index in [2.05, 4.69) is 41.7 Å². The number of rotatable bonds is 6. The highest BCUT2D eigenvalue weighted by atomic mass is 19.1. The molecule has 0 amide bonds. The molecule has 3 aromatic rings. The highest BCUT2D eigenvalue weighted by Gasteiger charge is 2.23. The first-order valence-electron chi connectivity index (χ1n) is 13.6. The van der Waals surface area contributed by atoms with Gasteiger partial charge in [0.25, 0.3) is 0 Å². The van der Waals surface area contributed by atoms with E-state index in [9.17, 15) is 8.78 Å². The largest absolute Gasteiger partial charge is 0.300 e. The molecule has 40 heavy (non-hydrogen) atoms. The first-order chi connectivity index (χ1) is 19.2. The molecule has 4 rings (SSSR count). The van der Waals surface area contributed by atoms with Gasteiger partial charge in [-0.25, -0.2) is 13.8 Å². The lowest BCUT2D eigenvalue weighted by molar-refractivity contribution is 0.202. The molecule has 0 aromatic heterocycles. The average molecular weight is 538 g/mol. The zero-order valence-electron chi connectivity index (χ0n) is 23.8. The van der Waals surface area contributed by atoms with Crippen LogP contribution in [0.15, 0.2) is 71.7 Å². The van der Waals surface area contributed by atoms with Crippen LogP contribution in [0.3, 0.4) is 0 Å². The summed E-state index contributed by atoms with van der Waals surface area (Å²) < 4.78 is 24.7. The number of aliphatic imine (C=N–C) groups is 1. The smallest absolute Gasteiger partial charge is 0.123 e. The van der Waals surface area contributed by atoms with Gasteiger partial charge in [0.05, 0.1) is 23.3 Å². The Kier molecular flexibility index (Phi) is 11.4. The number of aryl methyl sites for hydroxylation is 1. The molecule has 1 aliphatic heterocycles. The molecular weight excluding hydrogens is 500 g/mol. The summed E-state index contributed by atoms with van der Waals surface area (Å²) in [6.07, 6.45) is 7.12. The topological polar surface area (TPSA) is 39.5 Å². The third-order valence-electron chi connectivity index (χ3n) is 6.61. The van der Waals surface area contributed by atoms with Crippen LogP contribution in [0.5, 0.6) is 0 Å². The third-order valence-corrected chi connectivity index (χ3v) is 6.61. The second kappa shape index (κ2) is 14.9. The molecule has 1 aliphatic rings. The Morgan fingerprint density at radius 3 is 2.40 bits per heavy atom. The van der Waals surface area contributed by atoms with Crippen molar-refractivity contribution in [3.8, 4) is 24.2 Å². The Morgan fingerprint density at radius 1 is 1.07 bits per heavy atom. The van der Waals surface area contributed by atoms with Crippen LogP contribution in [0.1, 0.15) is 61.4 Å². The average Bonchev–Trinajstić information content (AvgIpc) is 2.93. The van der Waals surface area contributed by atoms with Crippen LogP contribution in [0.4, 0.5) is 14.5 Å². The molecular formula is C35H37F2N3. The second-order valence-electron chi connectivity index (χ2n) is 10.1. The van der Waals surface area contributed by atoms with E-state index in [1.54, 1.807) is 19.1 Å². The summed E-state index contributed by atoms with van der Waals surface area (Å²) in [5.41, 5.74) is 6.37. The highest BCUT2D eigenvalue weighted by Crippen LogP contribution is 2.25. The molecule has 0 spiro atoms. The highest BCUT2D eigenvalue weighted by molar-refractivity contribution is 6.12. The Bertz CT molecular complexity index is 1440. The molecule has 3 aromatic carbocycles. The van der Waals surface area contributed by atoms with Gasteiger partial charge in [0.1, 0.15) is 5.82 Å². The lowest BCUT2D eigenvalue weighted by atomic mass is 9.91. The van der Waals surface area contributed by atoms with Gasteiger partial charge in [0.2, 0.25) is 0 Å². The zero-order valence-corrected chi connectivity index (χ0v) is 23.8. The summed E-state index contributed by atoms with van der Waals surface area (Å²) in [5, 5.41) is 8.61. The maximum absolute atomic E-state index is 13.7. The number of piperidine rings is 1. The third kappa shape index (κ3) is 8.73. The van der Waals surface area contributed by atoms with E-state index in [1.165, 1.54) is 26.0 Å². The number of hydrogen-bond acceptors (Lipinski definition) is 3. The summed E-state index contributed by atoms with van der Waals surface area (Å²) in [6.45, 7) is 9.52. The molecule has 0 unspecified atom stereocenters. The van der Waals surface area contributed by atoms with Gasteiger partial charge in [0.15, 0.2) is 0 Å². The number of benzene rings is 3. The summed E-state index contributed by atoms with van der Waals surface area (Å²) in [6, 6.07) is 20.2. The van der Waals surface area contributed by atoms with Crippen molar-refractivity contribution >= 4 is 17.1 Å². The predicted octanol–water partition coefficient (Wildman–Crippen LogP) is 7.90. The van der Waals surface area contributed by atoms with Crippen molar-refractivity contribution in [3.05, 3.63) is 100 Å². The maximum atomic E-state index is 13.7. The van der Waals surface area contributed by atoms with Gasteiger partial charge in [-0.3, -0.25) is 10.3 Å². The molecule has 3 nitrogen and oxygen atoms in total. The zero-order chi connectivity index (χ0) is 29.1. The van der Waals surface area contributed by atoms with Crippen LogP contribution in [0.2, 0.25) is 0 Å². The quantitative estimate of drug-likeness (QED) is 0.252. The molecule has 5 heteroatoms. The predicted molar refractivity (Wildman–Crippen MR) is 163 cm³/mol. The molecule has 206 valence electrons. The first kappa shape index (κ1) is 30.5. The molecule has 1 fully saturated rings. The van der Waals surface area contributed by atoms with Crippen LogP contribution >= 0.6 is 0 Å². The van der Waals surface area contributed by atoms with Crippen molar-refractivity contribution in [1.82, 2.24) is 4.90 Å². The van der Waals surface area contributed by atoms with Crippen LogP contribution in [-0.4, -0.2) is 35.6 Å². The van der Waals surface area contributed by atoms with E-state index in [4.69, 9.17) is 16.8 Å². The Balaban J connectivity index is 0.00000103. The summed E-state index contributed by atoms with van der Waals surface area (Å²) in [5.74, 6) is 8.87. The van der Waals surface area contributed by atoms with Crippen molar-refractivity contribution in [3.63, 3.8) is 0 Å². The number of hydrogen-bond donors (Lipinski definition) is 1. The molecule has 0 bridgehead atoms. The summed E-state index contributed by atoms with van der Waals surface area (Å²) in [4.78, 5) is 7.23. The Hall–Kier alpha value is -4.06. The number of terminal acetylenes is 1. The number of alkyl halides is 1. The fraction of sp³-hybridized carbons (Fsp3) is 0.314. The van der Waals surface area contributed by atoms with Crippen molar-refractivity contribution in [2.45, 2.75) is 53.3 Å². The molecule has 0 saturated carbocycles. The van der Waals surface area contributed by atoms with Crippen molar-refractivity contribution < 1.29 is 8.78 Å². The van der Waals surface area contributed by atoms with Crippen molar-refractivity contribution in [2.75, 3.05) is 13.1 Å². The second-order valence-corrected chi connectivity index (χ2v) is 10.1. The lowest BCUT2D eigenvalue weighted by Crippen LogP contribution is -2.35. The van der Waals surface area contributed by atoms with E-state index >= 15 is 0 Å². The van der Waals surface area contributed by atoms with Gasteiger partial charge in [0, 0.05) is 29.2 Å². The van der Waals surface area contributed by atoms with E-state index < -0.39 is 6.17 Å². The molecule has 1 heterocycles. The number of nitrogens with one attached hydrogen (secondary N) is 1.